The lowest BCUT2D eigenvalue weighted by Gasteiger charge is -2.12. The Kier molecular flexibility index (Phi) is 4.49. The summed E-state index contributed by atoms with van der Waals surface area (Å²) in [5, 5.41) is 12.3. The average molecular weight is 258 g/mol. The maximum Gasteiger partial charge on any atom is 0.219 e. The summed E-state index contributed by atoms with van der Waals surface area (Å²) in [6, 6.07) is 11.4. The molecule has 0 spiro atoms. The molecule has 0 aliphatic carbocycles. The molecule has 1 aromatic carbocycles. The van der Waals surface area contributed by atoms with E-state index in [1.165, 1.54) is 0 Å². The van der Waals surface area contributed by atoms with Gasteiger partial charge in [0.1, 0.15) is 5.75 Å². The minimum atomic E-state index is 0.00145. The van der Waals surface area contributed by atoms with Crippen molar-refractivity contribution in [3.8, 4) is 11.6 Å². The molecule has 0 saturated carbocycles. The zero-order valence-electron chi connectivity index (χ0n) is 11.1. The normalized spacial score (nSPS) is 12.2. The van der Waals surface area contributed by atoms with Gasteiger partial charge < -0.3 is 15.2 Å². The van der Waals surface area contributed by atoms with Gasteiger partial charge in [0.05, 0.1) is 6.61 Å². The van der Waals surface area contributed by atoms with Crippen molar-refractivity contribution in [1.82, 2.24) is 10.3 Å². The van der Waals surface area contributed by atoms with Crippen LogP contribution in [0.25, 0.3) is 0 Å². The maximum absolute atomic E-state index is 9.10. The van der Waals surface area contributed by atoms with Crippen LogP contribution < -0.4 is 10.1 Å². The molecule has 0 fully saturated rings. The molecule has 1 aromatic heterocycles. The lowest BCUT2D eigenvalue weighted by Crippen LogP contribution is -2.12. The Morgan fingerprint density at radius 3 is 2.89 bits per heavy atom. The maximum atomic E-state index is 9.10. The molecule has 0 aliphatic rings. The Balaban J connectivity index is 2.18. The van der Waals surface area contributed by atoms with Gasteiger partial charge in [0.2, 0.25) is 5.88 Å². The molecule has 4 heteroatoms. The molecule has 19 heavy (non-hydrogen) atoms. The molecular weight excluding hydrogens is 240 g/mol. The van der Waals surface area contributed by atoms with Gasteiger partial charge in [-0.2, -0.15) is 0 Å². The van der Waals surface area contributed by atoms with E-state index in [0.717, 1.165) is 11.1 Å². The van der Waals surface area contributed by atoms with Crippen molar-refractivity contribution in [2.45, 2.75) is 19.6 Å². The van der Waals surface area contributed by atoms with Crippen molar-refractivity contribution in [1.29, 1.82) is 0 Å². The van der Waals surface area contributed by atoms with E-state index in [9.17, 15) is 0 Å². The number of aliphatic hydroxyl groups excluding tert-OH is 1. The standard InChI is InChI=1S/C15H18N2O2/c1-11(16-2)13-6-7-17-15(9-13)19-14-5-3-4-12(8-14)10-18/h3-9,11,16,18H,10H2,1-2H3. The average Bonchev–Trinajstić information content (AvgIpc) is 2.47. The third-order valence-electron chi connectivity index (χ3n) is 3.00. The van der Waals surface area contributed by atoms with Crippen molar-refractivity contribution in [3.63, 3.8) is 0 Å². The van der Waals surface area contributed by atoms with Gasteiger partial charge in [-0.25, -0.2) is 4.98 Å². The van der Waals surface area contributed by atoms with Gasteiger partial charge in [0.15, 0.2) is 0 Å². The predicted molar refractivity (Wildman–Crippen MR) is 74.2 cm³/mol. The van der Waals surface area contributed by atoms with Crippen LogP contribution in [0.15, 0.2) is 42.6 Å². The molecule has 100 valence electrons. The number of aromatic nitrogens is 1. The topological polar surface area (TPSA) is 54.4 Å². The Labute approximate surface area is 113 Å². The van der Waals surface area contributed by atoms with E-state index >= 15 is 0 Å². The summed E-state index contributed by atoms with van der Waals surface area (Å²) in [5.41, 5.74) is 1.93. The van der Waals surface area contributed by atoms with E-state index in [1.54, 1.807) is 12.3 Å². The Morgan fingerprint density at radius 2 is 2.16 bits per heavy atom. The van der Waals surface area contributed by atoms with Gasteiger partial charge in [0, 0.05) is 18.3 Å². The molecule has 0 radical (unpaired) electrons. The lowest BCUT2D eigenvalue weighted by molar-refractivity contribution is 0.281. The molecule has 1 heterocycles. The highest BCUT2D eigenvalue weighted by Crippen LogP contribution is 2.23. The van der Waals surface area contributed by atoms with Crippen molar-refractivity contribution < 1.29 is 9.84 Å². The van der Waals surface area contributed by atoms with Crippen LogP contribution in [-0.2, 0) is 6.61 Å². The molecule has 2 rings (SSSR count). The van der Waals surface area contributed by atoms with Crippen LogP contribution in [0.3, 0.4) is 0 Å². The fourth-order valence-corrected chi connectivity index (χ4v) is 1.74. The van der Waals surface area contributed by atoms with Crippen LogP contribution in [0, 0.1) is 0 Å². The Bertz CT molecular complexity index is 543. The number of nitrogens with one attached hydrogen (secondary N) is 1. The first kappa shape index (κ1) is 13.5. The molecule has 0 amide bonds. The zero-order chi connectivity index (χ0) is 13.7. The number of rotatable bonds is 5. The SMILES string of the molecule is CNC(C)c1ccnc(Oc2cccc(CO)c2)c1. The van der Waals surface area contributed by atoms with E-state index in [2.05, 4.69) is 17.2 Å². The zero-order valence-corrected chi connectivity index (χ0v) is 11.1. The number of nitrogens with zero attached hydrogens (tertiary/aromatic N) is 1. The summed E-state index contributed by atoms with van der Waals surface area (Å²) >= 11 is 0. The smallest absolute Gasteiger partial charge is 0.219 e. The summed E-state index contributed by atoms with van der Waals surface area (Å²) in [6.07, 6.45) is 1.73. The van der Waals surface area contributed by atoms with Crippen molar-refractivity contribution in [2.24, 2.45) is 0 Å². The molecule has 0 aliphatic heterocycles. The lowest BCUT2D eigenvalue weighted by atomic mass is 10.1. The molecular formula is C15H18N2O2. The fourth-order valence-electron chi connectivity index (χ4n) is 1.74. The number of aliphatic hydroxyl groups is 1. The van der Waals surface area contributed by atoms with E-state index < -0.39 is 0 Å². The number of hydrogen-bond donors (Lipinski definition) is 2. The molecule has 1 unspecified atom stereocenters. The quantitative estimate of drug-likeness (QED) is 0.865. The highest BCUT2D eigenvalue weighted by molar-refractivity contribution is 5.32. The van der Waals surface area contributed by atoms with Crippen LogP contribution in [0.4, 0.5) is 0 Å². The van der Waals surface area contributed by atoms with Gasteiger partial charge in [-0.15, -0.1) is 0 Å². The first-order valence-corrected chi connectivity index (χ1v) is 6.24. The minimum absolute atomic E-state index is 0.00145. The first-order chi connectivity index (χ1) is 9.22. The number of ether oxygens (including phenoxy) is 1. The second-order valence-electron chi connectivity index (χ2n) is 4.35. The first-order valence-electron chi connectivity index (χ1n) is 6.24. The number of hydrogen-bond acceptors (Lipinski definition) is 4. The summed E-state index contributed by atoms with van der Waals surface area (Å²) < 4.78 is 5.71. The minimum Gasteiger partial charge on any atom is -0.439 e. The summed E-state index contributed by atoms with van der Waals surface area (Å²) in [6.45, 7) is 2.08. The van der Waals surface area contributed by atoms with Crippen molar-refractivity contribution >= 4 is 0 Å². The Morgan fingerprint density at radius 1 is 1.32 bits per heavy atom. The third kappa shape index (κ3) is 3.53. The predicted octanol–water partition coefficient (Wildman–Crippen LogP) is 2.65. The molecule has 0 bridgehead atoms. The van der Waals surface area contributed by atoms with Crippen LogP contribution >= 0.6 is 0 Å². The largest absolute Gasteiger partial charge is 0.439 e. The molecule has 4 nitrogen and oxygen atoms in total. The summed E-state index contributed by atoms with van der Waals surface area (Å²) in [4.78, 5) is 4.19. The summed E-state index contributed by atoms with van der Waals surface area (Å²) in [5.74, 6) is 1.23. The number of pyridine rings is 1. The monoisotopic (exact) mass is 258 g/mol. The third-order valence-corrected chi connectivity index (χ3v) is 3.00. The highest BCUT2D eigenvalue weighted by atomic mass is 16.5. The number of benzene rings is 1. The fraction of sp³-hybridized carbons (Fsp3) is 0.267. The van der Waals surface area contributed by atoms with Crippen LogP contribution in [-0.4, -0.2) is 17.1 Å². The van der Waals surface area contributed by atoms with Gasteiger partial charge in [-0.1, -0.05) is 12.1 Å². The second kappa shape index (κ2) is 6.31. The van der Waals surface area contributed by atoms with Gasteiger partial charge in [-0.3, -0.25) is 0 Å². The van der Waals surface area contributed by atoms with E-state index in [-0.39, 0.29) is 12.6 Å². The van der Waals surface area contributed by atoms with Crippen molar-refractivity contribution in [3.05, 3.63) is 53.7 Å². The molecule has 2 aromatic rings. The summed E-state index contributed by atoms with van der Waals surface area (Å²) in [7, 11) is 1.91. The van der Waals surface area contributed by atoms with E-state index in [0.29, 0.717) is 11.6 Å². The molecule has 0 saturated heterocycles. The molecule has 1 atom stereocenters. The Hall–Kier alpha value is -1.91. The van der Waals surface area contributed by atoms with Gasteiger partial charge in [0.25, 0.3) is 0 Å². The highest BCUT2D eigenvalue weighted by Gasteiger charge is 2.05. The van der Waals surface area contributed by atoms with Gasteiger partial charge in [-0.05, 0) is 43.3 Å². The second-order valence-corrected chi connectivity index (χ2v) is 4.35. The van der Waals surface area contributed by atoms with Crippen LogP contribution in [0.1, 0.15) is 24.1 Å². The van der Waals surface area contributed by atoms with Crippen LogP contribution in [0.2, 0.25) is 0 Å². The van der Waals surface area contributed by atoms with E-state index in [1.807, 2.05) is 37.4 Å². The van der Waals surface area contributed by atoms with Crippen LogP contribution in [0.5, 0.6) is 11.6 Å². The van der Waals surface area contributed by atoms with Crippen molar-refractivity contribution in [2.75, 3.05) is 7.05 Å². The van der Waals surface area contributed by atoms with Gasteiger partial charge >= 0.3 is 0 Å². The molecule has 2 N–H and O–H groups in total. The van der Waals surface area contributed by atoms with E-state index in [4.69, 9.17) is 9.84 Å².